The van der Waals surface area contributed by atoms with Crippen molar-refractivity contribution >= 4 is 17.1 Å². The van der Waals surface area contributed by atoms with Crippen LogP contribution < -0.4 is 4.90 Å². The minimum absolute atomic E-state index is 0.466. The molecule has 0 bridgehead atoms. The third-order valence-electron chi connectivity index (χ3n) is 15.9. The molecule has 0 saturated heterocycles. The third-order valence-corrected chi connectivity index (χ3v) is 15.9. The van der Waals surface area contributed by atoms with Crippen molar-refractivity contribution < 1.29 is 0 Å². The number of rotatable bonds is 5. The minimum Gasteiger partial charge on any atom is -0.310 e. The molecule has 0 atom stereocenters. The predicted octanol–water partition coefficient (Wildman–Crippen LogP) is 17.2. The van der Waals surface area contributed by atoms with E-state index in [1.807, 2.05) is 0 Å². The fourth-order valence-corrected chi connectivity index (χ4v) is 13.3. The Labute approximate surface area is 402 Å². The molecule has 0 N–H and O–H groups in total. The number of nitrogens with zero attached hydrogens (tertiary/aromatic N) is 1. The summed E-state index contributed by atoms with van der Waals surface area (Å²) in [5.74, 6) is 0. The lowest BCUT2D eigenvalue weighted by Crippen LogP contribution is -2.26. The van der Waals surface area contributed by atoms with E-state index < -0.39 is 10.8 Å². The zero-order chi connectivity index (χ0) is 45.3. The van der Waals surface area contributed by atoms with Crippen molar-refractivity contribution in [2.24, 2.45) is 0 Å². The molecule has 11 aromatic rings. The maximum Gasteiger partial charge on any atom is 0.0726 e. The third kappa shape index (κ3) is 5.04. The molecule has 0 aliphatic heterocycles. The standard InChI is InChI=1S/C68H43N/c1-2-18-44(19-3-1)49-20-4-5-21-50(49)45-34-36-46(37-35-45)69(47-38-40-57-55-26-10-16-32-63(55)67(65(57)42-47)59-28-12-6-22-51(59)52-23-7-13-29-60(52)67)48-39-41-58-56-27-11-17-33-64(56)68(66(58)43-48)61-30-14-8-24-53(61)54-25-9-15-31-62(54)68/h1-43H. The molecular formula is C68H43N. The topological polar surface area (TPSA) is 3.24 Å². The SMILES string of the molecule is c1ccc(-c2ccccc2-c2ccc(N(c3ccc4c(c3)C3(c5ccccc5-c5ccccc53)c3ccccc3-4)c3ccc4c(c3)C3(c5ccccc5-c5ccccc53)c3ccccc3-4)cc2)cc1. The van der Waals surface area contributed by atoms with Crippen LogP contribution in [0.5, 0.6) is 0 Å². The van der Waals surface area contributed by atoms with E-state index in [9.17, 15) is 0 Å². The average Bonchev–Trinajstić information content (AvgIpc) is 4.10. The minimum atomic E-state index is -0.466. The van der Waals surface area contributed by atoms with Gasteiger partial charge in [0.15, 0.2) is 0 Å². The van der Waals surface area contributed by atoms with E-state index in [1.165, 1.54) is 111 Å². The van der Waals surface area contributed by atoms with Crippen molar-refractivity contribution in [1.29, 1.82) is 0 Å². The molecule has 0 amide bonds. The molecule has 0 unspecified atom stereocenters. The molecule has 2 spiro atoms. The van der Waals surface area contributed by atoms with Gasteiger partial charge in [-0.05, 0) is 148 Å². The normalized spacial score (nSPS) is 14.0. The van der Waals surface area contributed by atoms with Crippen LogP contribution in [-0.2, 0) is 10.8 Å². The highest BCUT2D eigenvalue weighted by atomic mass is 15.1. The van der Waals surface area contributed by atoms with Crippen LogP contribution in [0, 0.1) is 0 Å². The maximum absolute atomic E-state index is 2.52. The Morgan fingerprint density at radius 3 is 0.797 bits per heavy atom. The zero-order valence-corrected chi connectivity index (χ0v) is 37.8. The summed E-state index contributed by atoms with van der Waals surface area (Å²) in [5, 5.41) is 0. The van der Waals surface area contributed by atoms with E-state index >= 15 is 0 Å². The summed E-state index contributed by atoms with van der Waals surface area (Å²) in [5.41, 5.74) is 28.4. The van der Waals surface area contributed by atoms with Gasteiger partial charge in [-0.1, -0.05) is 224 Å². The van der Waals surface area contributed by atoms with Crippen LogP contribution in [0.1, 0.15) is 44.5 Å². The quantitative estimate of drug-likeness (QED) is 0.167. The Balaban J connectivity index is 0.980. The molecule has 4 aliphatic rings. The Morgan fingerprint density at radius 1 is 0.188 bits per heavy atom. The fraction of sp³-hybridized carbons (Fsp3) is 0.0294. The molecule has 15 rings (SSSR count). The molecule has 320 valence electrons. The molecule has 0 radical (unpaired) electrons. The maximum atomic E-state index is 2.52. The van der Waals surface area contributed by atoms with Gasteiger partial charge in [0, 0.05) is 17.1 Å². The van der Waals surface area contributed by atoms with E-state index in [1.54, 1.807) is 0 Å². The van der Waals surface area contributed by atoms with Crippen molar-refractivity contribution in [3.05, 3.63) is 305 Å². The highest BCUT2D eigenvalue weighted by molar-refractivity contribution is 5.99. The fourth-order valence-electron chi connectivity index (χ4n) is 13.3. The van der Waals surface area contributed by atoms with E-state index in [0.717, 1.165) is 17.1 Å². The van der Waals surface area contributed by atoms with Crippen LogP contribution in [0.2, 0.25) is 0 Å². The second-order valence-electron chi connectivity index (χ2n) is 19.0. The molecule has 0 saturated carbocycles. The Bertz CT molecular complexity index is 3590. The lowest BCUT2D eigenvalue weighted by Gasteiger charge is -2.33. The van der Waals surface area contributed by atoms with Crippen molar-refractivity contribution in [2.45, 2.75) is 10.8 Å². The monoisotopic (exact) mass is 873 g/mol. The van der Waals surface area contributed by atoms with Gasteiger partial charge in [-0.15, -0.1) is 0 Å². The molecular weight excluding hydrogens is 831 g/mol. The number of benzene rings is 11. The van der Waals surface area contributed by atoms with Crippen molar-refractivity contribution in [3.8, 4) is 66.8 Å². The highest BCUT2D eigenvalue weighted by Crippen LogP contribution is 2.65. The Kier molecular flexibility index (Phi) is 7.98. The summed E-state index contributed by atoms with van der Waals surface area (Å²) in [6, 6.07) is 97.9. The second-order valence-corrected chi connectivity index (χ2v) is 19.0. The van der Waals surface area contributed by atoms with Crippen LogP contribution in [-0.4, -0.2) is 0 Å². The van der Waals surface area contributed by atoms with Gasteiger partial charge in [0.05, 0.1) is 10.8 Å². The van der Waals surface area contributed by atoms with Gasteiger partial charge < -0.3 is 4.90 Å². The first-order valence-corrected chi connectivity index (χ1v) is 24.2. The zero-order valence-electron chi connectivity index (χ0n) is 37.8. The molecule has 0 fully saturated rings. The average molecular weight is 874 g/mol. The number of hydrogen-bond donors (Lipinski definition) is 0. The number of hydrogen-bond acceptors (Lipinski definition) is 1. The summed E-state index contributed by atoms with van der Waals surface area (Å²) < 4.78 is 0. The lowest BCUT2D eigenvalue weighted by atomic mass is 9.70. The van der Waals surface area contributed by atoms with Crippen LogP contribution in [0.3, 0.4) is 0 Å². The molecule has 4 aliphatic carbocycles. The lowest BCUT2D eigenvalue weighted by molar-refractivity contribution is 0.792. The molecule has 69 heavy (non-hydrogen) atoms. The van der Waals surface area contributed by atoms with Gasteiger partial charge in [0.1, 0.15) is 0 Å². The first kappa shape index (κ1) is 38.3. The van der Waals surface area contributed by atoms with E-state index in [-0.39, 0.29) is 0 Å². The van der Waals surface area contributed by atoms with Gasteiger partial charge >= 0.3 is 0 Å². The highest BCUT2D eigenvalue weighted by Gasteiger charge is 2.53. The van der Waals surface area contributed by atoms with Crippen LogP contribution in [0.4, 0.5) is 17.1 Å². The molecule has 1 nitrogen and oxygen atoms in total. The largest absolute Gasteiger partial charge is 0.310 e. The first-order valence-electron chi connectivity index (χ1n) is 24.2. The van der Waals surface area contributed by atoms with Crippen LogP contribution in [0.15, 0.2) is 261 Å². The van der Waals surface area contributed by atoms with E-state index in [2.05, 4.69) is 266 Å². The van der Waals surface area contributed by atoms with Crippen molar-refractivity contribution in [3.63, 3.8) is 0 Å². The summed E-state index contributed by atoms with van der Waals surface area (Å²) in [7, 11) is 0. The second kappa shape index (κ2) is 14.4. The summed E-state index contributed by atoms with van der Waals surface area (Å²) in [6.07, 6.45) is 0. The predicted molar refractivity (Wildman–Crippen MR) is 285 cm³/mol. The number of fused-ring (bicyclic) bond motifs is 20. The van der Waals surface area contributed by atoms with E-state index in [4.69, 9.17) is 0 Å². The molecule has 0 aromatic heterocycles. The number of anilines is 3. The molecule has 1 heteroatoms. The van der Waals surface area contributed by atoms with Gasteiger partial charge in [-0.3, -0.25) is 0 Å². The summed E-state index contributed by atoms with van der Waals surface area (Å²) in [4.78, 5) is 2.51. The molecule has 11 aromatic carbocycles. The van der Waals surface area contributed by atoms with E-state index in [0.29, 0.717) is 0 Å². The van der Waals surface area contributed by atoms with Crippen LogP contribution >= 0.6 is 0 Å². The van der Waals surface area contributed by atoms with Gasteiger partial charge in [0.25, 0.3) is 0 Å². The van der Waals surface area contributed by atoms with Gasteiger partial charge in [-0.2, -0.15) is 0 Å². The Hall–Kier alpha value is -8.78. The summed E-state index contributed by atoms with van der Waals surface area (Å²) in [6.45, 7) is 0. The van der Waals surface area contributed by atoms with Gasteiger partial charge in [-0.25, -0.2) is 0 Å². The van der Waals surface area contributed by atoms with Gasteiger partial charge in [0.2, 0.25) is 0 Å². The van der Waals surface area contributed by atoms with Crippen molar-refractivity contribution in [2.75, 3.05) is 4.90 Å². The van der Waals surface area contributed by atoms with Crippen LogP contribution in [0.25, 0.3) is 66.8 Å². The smallest absolute Gasteiger partial charge is 0.0726 e. The Morgan fingerprint density at radius 2 is 0.449 bits per heavy atom. The summed E-state index contributed by atoms with van der Waals surface area (Å²) >= 11 is 0. The first-order chi connectivity index (χ1) is 34.2. The molecule has 0 heterocycles. The van der Waals surface area contributed by atoms with Crippen molar-refractivity contribution in [1.82, 2.24) is 0 Å².